The van der Waals surface area contributed by atoms with Crippen LogP contribution < -0.4 is 10.1 Å². The average molecular weight is 478 g/mol. The predicted molar refractivity (Wildman–Crippen MR) is 141 cm³/mol. The molecule has 1 N–H and O–H groups in total. The molecular formula is C29H39N3O3. The van der Waals surface area contributed by atoms with Crippen molar-refractivity contribution in [2.75, 3.05) is 26.8 Å². The summed E-state index contributed by atoms with van der Waals surface area (Å²) in [4.78, 5) is 16.1. The lowest BCUT2D eigenvalue weighted by molar-refractivity contribution is 0.0562. The van der Waals surface area contributed by atoms with E-state index in [-0.39, 0.29) is 18.0 Å². The van der Waals surface area contributed by atoms with Crippen molar-refractivity contribution >= 4 is 16.8 Å². The zero-order valence-corrected chi connectivity index (χ0v) is 21.3. The minimum absolute atomic E-state index is 0.102. The van der Waals surface area contributed by atoms with E-state index in [1.807, 2.05) is 30.3 Å². The Kier molecular flexibility index (Phi) is 8.83. The first kappa shape index (κ1) is 25.3. The molecule has 0 radical (unpaired) electrons. The van der Waals surface area contributed by atoms with Crippen LogP contribution in [0.3, 0.4) is 0 Å². The first-order chi connectivity index (χ1) is 17.1. The highest BCUT2D eigenvalue weighted by Gasteiger charge is 2.31. The van der Waals surface area contributed by atoms with E-state index in [9.17, 15) is 4.79 Å². The standard InChI is InChI=1S/C29H39N3O3/c1-22(2)32(25-14-10-16-30-20-25)29(33)26-19-24-13-9-15-27(35-21-23-11-5-4-6-12-23)28(24)31(26)17-7-8-18-34-3/h4-6,9,11-13,15,19,22,25,30H,7-8,10,14,16-18,20-21H2,1-3H3/t25-/m1/s1. The molecule has 1 amide bonds. The molecule has 1 fully saturated rings. The van der Waals surface area contributed by atoms with Crippen molar-refractivity contribution in [1.82, 2.24) is 14.8 Å². The number of unbranched alkanes of at least 4 members (excludes halogenated alkanes) is 1. The molecule has 1 aliphatic heterocycles. The van der Waals surface area contributed by atoms with Crippen LogP contribution in [0.25, 0.3) is 10.9 Å². The van der Waals surface area contributed by atoms with Crippen LogP contribution in [0.1, 0.15) is 55.6 Å². The predicted octanol–water partition coefficient (Wildman–Crippen LogP) is 5.25. The number of carbonyl (C=O) groups is 1. The first-order valence-corrected chi connectivity index (χ1v) is 12.9. The van der Waals surface area contributed by atoms with Gasteiger partial charge in [-0.25, -0.2) is 0 Å². The Hall–Kier alpha value is -2.83. The molecule has 0 aliphatic carbocycles. The summed E-state index contributed by atoms with van der Waals surface area (Å²) in [6, 6.07) is 18.7. The number of rotatable bonds is 11. The molecule has 4 rings (SSSR count). The fourth-order valence-electron chi connectivity index (χ4n) is 5.09. The maximum atomic E-state index is 14.1. The SMILES string of the molecule is COCCCCn1c(C(=O)N(C(C)C)[C@@H]2CCCNC2)cc2cccc(OCc3ccccc3)c21. The topological polar surface area (TPSA) is 55.7 Å². The maximum Gasteiger partial charge on any atom is 0.271 e. The normalized spacial score (nSPS) is 16.1. The van der Waals surface area contributed by atoms with Gasteiger partial charge in [0.1, 0.15) is 18.1 Å². The number of para-hydroxylation sites is 1. The third kappa shape index (κ3) is 6.06. The number of nitrogens with one attached hydrogen (secondary N) is 1. The number of hydrogen-bond acceptors (Lipinski definition) is 4. The van der Waals surface area contributed by atoms with E-state index in [4.69, 9.17) is 9.47 Å². The fourth-order valence-corrected chi connectivity index (χ4v) is 5.09. The van der Waals surface area contributed by atoms with Crippen molar-refractivity contribution in [3.05, 3.63) is 65.9 Å². The summed E-state index contributed by atoms with van der Waals surface area (Å²) < 4.78 is 13.8. The van der Waals surface area contributed by atoms with Gasteiger partial charge in [-0.15, -0.1) is 0 Å². The first-order valence-electron chi connectivity index (χ1n) is 12.9. The van der Waals surface area contributed by atoms with Gasteiger partial charge in [-0.05, 0) is 63.8 Å². The highest BCUT2D eigenvalue weighted by molar-refractivity contribution is 6.00. The number of amides is 1. The van der Waals surface area contributed by atoms with Crippen LogP contribution in [-0.4, -0.2) is 54.3 Å². The second-order valence-corrected chi connectivity index (χ2v) is 9.66. The number of piperidine rings is 1. The van der Waals surface area contributed by atoms with Gasteiger partial charge in [0.15, 0.2) is 0 Å². The molecular weight excluding hydrogens is 438 g/mol. The number of methoxy groups -OCH3 is 1. The van der Waals surface area contributed by atoms with Gasteiger partial charge in [0.25, 0.3) is 5.91 Å². The van der Waals surface area contributed by atoms with Crippen LogP contribution in [0.4, 0.5) is 0 Å². The van der Waals surface area contributed by atoms with Crippen molar-refractivity contribution in [1.29, 1.82) is 0 Å². The van der Waals surface area contributed by atoms with Crippen molar-refractivity contribution in [3.8, 4) is 5.75 Å². The van der Waals surface area contributed by atoms with Gasteiger partial charge >= 0.3 is 0 Å². The highest BCUT2D eigenvalue weighted by Crippen LogP contribution is 2.32. The Bertz CT molecular complexity index is 1090. The van der Waals surface area contributed by atoms with E-state index >= 15 is 0 Å². The minimum atomic E-state index is 0.102. The Balaban J connectivity index is 1.70. The Morgan fingerprint density at radius 1 is 1.14 bits per heavy atom. The Labute approximate surface area is 209 Å². The lowest BCUT2D eigenvalue weighted by Crippen LogP contribution is -2.52. The average Bonchev–Trinajstić information content (AvgIpc) is 3.26. The maximum absolute atomic E-state index is 14.1. The summed E-state index contributed by atoms with van der Waals surface area (Å²) in [5, 5.41) is 4.51. The largest absolute Gasteiger partial charge is 0.487 e. The van der Waals surface area contributed by atoms with Crippen molar-refractivity contribution in [2.24, 2.45) is 0 Å². The summed E-state index contributed by atoms with van der Waals surface area (Å²) in [6.07, 6.45) is 4.00. The monoisotopic (exact) mass is 477 g/mol. The van der Waals surface area contributed by atoms with Gasteiger partial charge in [0, 0.05) is 44.3 Å². The van der Waals surface area contributed by atoms with Crippen molar-refractivity contribution in [3.63, 3.8) is 0 Å². The lowest BCUT2D eigenvalue weighted by Gasteiger charge is -2.37. The smallest absolute Gasteiger partial charge is 0.271 e. The third-order valence-electron chi connectivity index (χ3n) is 6.77. The molecule has 2 aromatic carbocycles. The van der Waals surface area contributed by atoms with Crippen LogP contribution in [0.5, 0.6) is 5.75 Å². The van der Waals surface area contributed by atoms with E-state index in [1.54, 1.807) is 7.11 Å². The number of hydrogen-bond donors (Lipinski definition) is 1. The molecule has 3 aromatic rings. The molecule has 0 spiro atoms. The third-order valence-corrected chi connectivity index (χ3v) is 6.77. The second-order valence-electron chi connectivity index (χ2n) is 9.66. The number of ether oxygens (including phenoxy) is 2. The highest BCUT2D eigenvalue weighted by atomic mass is 16.5. The summed E-state index contributed by atoms with van der Waals surface area (Å²) in [5.41, 5.74) is 2.86. The quantitative estimate of drug-likeness (QED) is 0.383. The minimum Gasteiger partial charge on any atom is -0.487 e. The molecule has 2 heterocycles. The van der Waals surface area contributed by atoms with E-state index in [2.05, 4.69) is 52.9 Å². The zero-order chi connectivity index (χ0) is 24.6. The molecule has 188 valence electrons. The van der Waals surface area contributed by atoms with Gasteiger partial charge < -0.3 is 24.3 Å². The molecule has 0 saturated carbocycles. The van der Waals surface area contributed by atoms with E-state index in [0.29, 0.717) is 13.2 Å². The number of benzene rings is 2. The summed E-state index contributed by atoms with van der Waals surface area (Å²) in [7, 11) is 1.73. The van der Waals surface area contributed by atoms with Gasteiger partial charge in [-0.1, -0.05) is 42.5 Å². The molecule has 0 bridgehead atoms. The zero-order valence-electron chi connectivity index (χ0n) is 21.3. The molecule has 1 atom stereocenters. The van der Waals surface area contributed by atoms with Crippen molar-refractivity contribution < 1.29 is 14.3 Å². The number of aryl methyl sites for hydroxylation is 1. The molecule has 6 heteroatoms. The Morgan fingerprint density at radius 2 is 1.97 bits per heavy atom. The van der Waals surface area contributed by atoms with Crippen LogP contribution >= 0.6 is 0 Å². The van der Waals surface area contributed by atoms with Crippen LogP contribution in [0.2, 0.25) is 0 Å². The van der Waals surface area contributed by atoms with Crippen molar-refractivity contribution in [2.45, 2.75) is 64.8 Å². The summed E-state index contributed by atoms with van der Waals surface area (Å²) >= 11 is 0. The van der Waals surface area contributed by atoms with Crippen LogP contribution in [0, 0.1) is 0 Å². The fraction of sp³-hybridized carbons (Fsp3) is 0.483. The van der Waals surface area contributed by atoms with E-state index < -0.39 is 0 Å². The van der Waals surface area contributed by atoms with E-state index in [1.165, 1.54) is 0 Å². The molecule has 6 nitrogen and oxygen atoms in total. The molecule has 35 heavy (non-hydrogen) atoms. The molecule has 1 aliphatic rings. The number of fused-ring (bicyclic) bond motifs is 1. The number of nitrogens with zero attached hydrogens (tertiary/aromatic N) is 2. The van der Waals surface area contributed by atoms with Crippen LogP contribution in [0.15, 0.2) is 54.6 Å². The number of aromatic nitrogens is 1. The van der Waals surface area contributed by atoms with E-state index in [0.717, 1.165) is 73.2 Å². The van der Waals surface area contributed by atoms with Crippen LogP contribution in [-0.2, 0) is 17.9 Å². The van der Waals surface area contributed by atoms with Gasteiger partial charge in [-0.3, -0.25) is 4.79 Å². The second kappa shape index (κ2) is 12.2. The Morgan fingerprint density at radius 3 is 2.69 bits per heavy atom. The van der Waals surface area contributed by atoms with Gasteiger partial charge in [-0.2, -0.15) is 0 Å². The number of carbonyl (C=O) groups excluding carboxylic acids is 1. The summed E-state index contributed by atoms with van der Waals surface area (Å²) in [5.74, 6) is 0.915. The van der Waals surface area contributed by atoms with Gasteiger partial charge in [0.2, 0.25) is 0 Å². The van der Waals surface area contributed by atoms with Gasteiger partial charge in [0.05, 0.1) is 5.52 Å². The lowest BCUT2D eigenvalue weighted by atomic mass is 10.0. The molecule has 1 aromatic heterocycles. The molecule has 1 saturated heterocycles. The molecule has 0 unspecified atom stereocenters. The summed E-state index contributed by atoms with van der Waals surface area (Å²) in [6.45, 7) is 8.06.